The smallest absolute Gasteiger partial charge is 0.256 e. The van der Waals surface area contributed by atoms with Gasteiger partial charge in [0.15, 0.2) is 0 Å². The van der Waals surface area contributed by atoms with Gasteiger partial charge in [-0.05, 0) is 24.3 Å². The van der Waals surface area contributed by atoms with E-state index in [0.29, 0.717) is 31.7 Å². The molecule has 1 aliphatic rings. The number of hydrogen-bond acceptors (Lipinski definition) is 5. The molecule has 0 radical (unpaired) electrons. The van der Waals surface area contributed by atoms with E-state index >= 15 is 0 Å². The molecule has 2 amide bonds. The van der Waals surface area contributed by atoms with E-state index in [1.54, 1.807) is 17.3 Å². The van der Waals surface area contributed by atoms with Gasteiger partial charge in [-0.3, -0.25) is 19.6 Å². The molecule has 2 aromatic heterocycles. The Bertz CT molecular complexity index is 992. The Labute approximate surface area is 162 Å². The summed E-state index contributed by atoms with van der Waals surface area (Å²) in [6.07, 6.45) is 3.27. The Morgan fingerprint density at radius 2 is 2.00 bits per heavy atom. The summed E-state index contributed by atoms with van der Waals surface area (Å²) in [5, 5.41) is 6.98. The predicted molar refractivity (Wildman–Crippen MR) is 106 cm³/mol. The van der Waals surface area contributed by atoms with Crippen LogP contribution in [0, 0.1) is 0 Å². The molecule has 7 nitrogen and oxygen atoms in total. The van der Waals surface area contributed by atoms with Crippen LogP contribution < -0.4 is 10.6 Å². The maximum absolute atomic E-state index is 13.1. The zero-order chi connectivity index (χ0) is 19.3. The summed E-state index contributed by atoms with van der Waals surface area (Å²) in [7, 11) is 0. The van der Waals surface area contributed by atoms with Crippen LogP contribution >= 0.6 is 0 Å². The molecule has 1 fully saturated rings. The van der Waals surface area contributed by atoms with Crippen LogP contribution in [0.2, 0.25) is 0 Å². The highest BCUT2D eigenvalue weighted by molar-refractivity contribution is 6.00. The lowest BCUT2D eigenvalue weighted by molar-refractivity contribution is -0.126. The Hall–Kier alpha value is -3.32. The second kappa shape index (κ2) is 8.14. The van der Waals surface area contributed by atoms with Crippen LogP contribution in [-0.2, 0) is 11.3 Å². The highest BCUT2D eigenvalue weighted by atomic mass is 16.2. The minimum Gasteiger partial charge on any atom is -0.349 e. The van der Waals surface area contributed by atoms with Gasteiger partial charge >= 0.3 is 0 Å². The van der Waals surface area contributed by atoms with Gasteiger partial charge in [0.1, 0.15) is 6.04 Å². The Balaban J connectivity index is 1.50. The highest BCUT2D eigenvalue weighted by Gasteiger charge is 2.32. The number of amides is 2. The Morgan fingerprint density at radius 1 is 1.14 bits per heavy atom. The minimum absolute atomic E-state index is 0.183. The molecule has 142 valence electrons. The van der Waals surface area contributed by atoms with E-state index in [9.17, 15) is 9.59 Å². The van der Waals surface area contributed by atoms with E-state index in [1.165, 1.54) is 0 Å². The maximum atomic E-state index is 13.1. The fraction of sp³-hybridized carbons (Fsp3) is 0.238. The average molecular weight is 375 g/mol. The van der Waals surface area contributed by atoms with Crippen molar-refractivity contribution in [2.75, 3.05) is 19.6 Å². The largest absolute Gasteiger partial charge is 0.349 e. The summed E-state index contributed by atoms with van der Waals surface area (Å²) in [4.78, 5) is 36.0. The second-order valence-corrected chi connectivity index (χ2v) is 6.67. The molecule has 1 aromatic carbocycles. The summed E-state index contributed by atoms with van der Waals surface area (Å²) in [6, 6.07) is 14.5. The standard InChI is InChI=1S/C21H21N5O2/c27-20(25-13-17-6-3-4-8-23-17)19-14-22-9-10-26(19)21(28)16-11-15-5-1-2-7-18(15)24-12-16/h1-8,11-12,19,22H,9-10,13-14H2,(H,25,27)/t19-/m1/s1. The fourth-order valence-electron chi connectivity index (χ4n) is 3.33. The number of rotatable bonds is 4. The molecule has 3 heterocycles. The second-order valence-electron chi connectivity index (χ2n) is 6.67. The first-order chi connectivity index (χ1) is 13.7. The molecular formula is C21H21N5O2. The van der Waals surface area contributed by atoms with Crippen molar-refractivity contribution < 1.29 is 9.59 Å². The number of nitrogens with zero attached hydrogens (tertiary/aromatic N) is 3. The van der Waals surface area contributed by atoms with Crippen LogP contribution in [0.25, 0.3) is 10.9 Å². The van der Waals surface area contributed by atoms with Gasteiger partial charge in [-0.2, -0.15) is 0 Å². The fourth-order valence-corrected chi connectivity index (χ4v) is 3.33. The van der Waals surface area contributed by atoms with E-state index < -0.39 is 6.04 Å². The van der Waals surface area contributed by atoms with Gasteiger partial charge in [0, 0.05) is 37.4 Å². The quantitative estimate of drug-likeness (QED) is 0.719. The van der Waals surface area contributed by atoms with Gasteiger partial charge in [0.2, 0.25) is 5.91 Å². The first-order valence-corrected chi connectivity index (χ1v) is 9.26. The molecular weight excluding hydrogens is 354 g/mol. The van der Waals surface area contributed by atoms with Gasteiger partial charge in [0.25, 0.3) is 5.91 Å². The Kier molecular flexibility index (Phi) is 5.25. The summed E-state index contributed by atoms with van der Waals surface area (Å²) < 4.78 is 0. The lowest BCUT2D eigenvalue weighted by Crippen LogP contribution is -2.59. The third-order valence-corrected chi connectivity index (χ3v) is 4.81. The maximum Gasteiger partial charge on any atom is 0.256 e. The number of hydrogen-bond donors (Lipinski definition) is 2. The number of para-hydroxylation sites is 1. The van der Waals surface area contributed by atoms with Crippen molar-refractivity contribution in [2.24, 2.45) is 0 Å². The zero-order valence-corrected chi connectivity index (χ0v) is 15.3. The average Bonchev–Trinajstić information content (AvgIpc) is 2.77. The van der Waals surface area contributed by atoms with Crippen molar-refractivity contribution in [1.82, 2.24) is 25.5 Å². The zero-order valence-electron chi connectivity index (χ0n) is 15.3. The molecule has 3 aromatic rings. The molecule has 0 spiro atoms. The van der Waals surface area contributed by atoms with E-state index in [1.807, 2.05) is 48.5 Å². The number of aromatic nitrogens is 2. The van der Waals surface area contributed by atoms with Crippen molar-refractivity contribution in [3.63, 3.8) is 0 Å². The summed E-state index contributed by atoms with van der Waals surface area (Å²) >= 11 is 0. The van der Waals surface area contributed by atoms with Crippen LogP contribution in [0.1, 0.15) is 16.1 Å². The number of carbonyl (C=O) groups is 2. The van der Waals surface area contributed by atoms with E-state index in [-0.39, 0.29) is 11.8 Å². The number of nitrogens with one attached hydrogen (secondary N) is 2. The van der Waals surface area contributed by atoms with Gasteiger partial charge in [-0.15, -0.1) is 0 Å². The molecule has 1 aliphatic heterocycles. The number of fused-ring (bicyclic) bond motifs is 1. The lowest BCUT2D eigenvalue weighted by Gasteiger charge is -2.35. The van der Waals surface area contributed by atoms with Crippen LogP contribution in [0.4, 0.5) is 0 Å². The van der Waals surface area contributed by atoms with Crippen molar-refractivity contribution in [3.05, 3.63) is 72.2 Å². The van der Waals surface area contributed by atoms with Crippen molar-refractivity contribution >= 4 is 22.7 Å². The number of pyridine rings is 2. The van der Waals surface area contributed by atoms with Gasteiger partial charge < -0.3 is 15.5 Å². The minimum atomic E-state index is -0.573. The monoisotopic (exact) mass is 375 g/mol. The topological polar surface area (TPSA) is 87.2 Å². The predicted octanol–water partition coefficient (Wildman–Crippen LogP) is 1.36. The normalized spacial score (nSPS) is 16.7. The molecule has 1 atom stereocenters. The molecule has 0 saturated carbocycles. The number of benzene rings is 1. The van der Waals surface area contributed by atoms with Gasteiger partial charge in [-0.25, -0.2) is 0 Å². The first-order valence-electron chi connectivity index (χ1n) is 9.26. The first kappa shape index (κ1) is 18.1. The number of carbonyl (C=O) groups excluding carboxylic acids is 2. The highest BCUT2D eigenvalue weighted by Crippen LogP contribution is 2.16. The molecule has 7 heteroatoms. The molecule has 0 bridgehead atoms. The third-order valence-electron chi connectivity index (χ3n) is 4.81. The van der Waals surface area contributed by atoms with E-state index in [4.69, 9.17) is 0 Å². The molecule has 1 saturated heterocycles. The summed E-state index contributed by atoms with van der Waals surface area (Å²) in [5.41, 5.74) is 2.10. The molecule has 2 N–H and O–H groups in total. The lowest BCUT2D eigenvalue weighted by atomic mass is 10.1. The van der Waals surface area contributed by atoms with Crippen LogP contribution in [0.5, 0.6) is 0 Å². The molecule has 0 unspecified atom stereocenters. The van der Waals surface area contributed by atoms with Crippen LogP contribution in [0.3, 0.4) is 0 Å². The van der Waals surface area contributed by atoms with Crippen molar-refractivity contribution in [1.29, 1.82) is 0 Å². The van der Waals surface area contributed by atoms with Crippen LogP contribution in [0.15, 0.2) is 60.9 Å². The molecule has 0 aliphatic carbocycles. The summed E-state index contributed by atoms with van der Waals surface area (Å²) in [6.45, 7) is 1.86. The molecule has 4 rings (SSSR count). The van der Waals surface area contributed by atoms with Crippen molar-refractivity contribution in [2.45, 2.75) is 12.6 Å². The molecule has 28 heavy (non-hydrogen) atoms. The van der Waals surface area contributed by atoms with E-state index in [0.717, 1.165) is 16.6 Å². The number of piperazine rings is 1. The SMILES string of the molecule is O=C(NCc1ccccn1)[C@H]1CNCCN1C(=O)c1cnc2ccccc2c1. The van der Waals surface area contributed by atoms with Gasteiger partial charge in [0.05, 0.1) is 23.3 Å². The third kappa shape index (κ3) is 3.84. The van der Waals surface area contributed by atoms with Crippen molar-refractivity contribution in [3.8, 4) is 0 Å². The summed E-state index contributed by atoms with van der Waals surface area (Å²) in [5.74, 6) is -0.377. The Morgan fingerprint density at radius 3 is 2.86 bits per heavy atom. The van der Waals surface area contributed by atoms with Gasteiger partial charge in [-0.1, -0.05) is 24.3 Å². The van der Waals surface area contributed by atoms with E-state index in [2.05, 4.69) is 20.6 Å². The van der Waals surface area contributed by atoms with Crippen LogP contribution in [-0.4, -0.2) is 52.4 Å².